The van der Waals surface area contributed by atoms with Gasteiger partial charge in [-0.15, -0.1) is 0 Å². The molecular weight excluding hydrogens is 333 g/mol. The first kappa shape index (κ1) is 19.3. The lowest BCUT2D eigenvalue weighted by molar-refractivity contribution is -0.385. The van der Waals surface area contributed by atoms with Gasteiger partial charge in [0, 0.05) is 17.7 Å². The van der Waals surface area contributed by atoms with Gasteiger partial charge < -0.3 is 0 Å². The second-order valence-electron chi connectivity index (χ2n) is 5.96. The molecule has 0 radical (unpaired) electrons. The minimum absolute atomic E-state index is 0.0378. The van der Waals surface area contributed by atoms with Gasteiger partial charge in [-0.25, -0.2) is 4.21 Å². The summed E-state index contributed by atoms with van der Waals surface area (Å²) >= 11 is 0. The summed E-state index contributed by atoms with van der Waals surface area (Å²) in [5.74, 6) is 0. The number of alkyl halides is 3. The van der Waals surface area contributed by atoms with Crippen molar-refractivity contribution in [1.29, 1.82) is 0 Å². The van der Waals surface area contributed by atoms with Crippen LogP contribution in [0.25, 0.3) is 0 Å². The monoisotopic (exact) mass is 350 g/mol. The van der Waals surface area contributed by atoms with E-state index in [0.717, 1.165) is 6.07 Å². The number of hydrogen-bond donors (Lipinski definition) is 0. The molecule has 0 aliphatic heterocycles. The molecule has 23 heavy (non-hydrogen) atoms. The van der Waals surface area contributed by atoms with Gasteiger partial charge in [-0.2, -0.15) is 17.6 Å². The third-order valence-corrected chi connectivity index (χ3v) is 4.53. The largest absolute Gasteiger partial charge is 0.416 e. The van der Waals surface area contributed by atoms with E-state index in [-0.39, 0.29) is 16.8 Å². The minimum atomic E-state index is -4.73. The summed E-state index contributed by atoms with van der Waals surface area (Å²) in [6, 6.07) is 1.51. The molecule has 128 valence electrons. The highest BCUT2D eigenvalue weighted by atomic mass is 32.2. The standard InChI is InChI=1S/C14H17F3N2O3S/c1-8-11(9(2)18-23(22)13(3,4)5)6-10(19(20)21)7-12(8)14(15,16)17/h6-7H,1-5H3/b18-9-/t23-/m1/s1. The molecule has 0 bridgehead atoms. The van der Waals surface area contributed by atoms with Crippen molar-refractivity contribution in [1.82, 2.24) is 0 Å². The number of benzene rings is 1. The first-order valence-corrected chi connectivity index (χ1v) is 7.69. The van der Waals surface area contributed by atoms with Crippen LogP contribution in [0.2, 0.25) is 0 Å². The van der Waals surface area contributed by atoms with Crippen LogP contribution < -0.4 is 0 Å². The van der Waals surface area contributed by atoms with Gasteiger partial charge in [-0.1, -0.05) is 0 Å². The van der Waals surface area contributed by atoms with E-state index in [0.29, 0.717) is 6.07 Å². The Hall–Kier alpha value is -1.77. The number of nitro groups is 1. The van der Waals surface area contributed by atoms with E-state index < -0.39 is 38.1 Å². The van der Waals surface area contributed by atoms with Crippen LogP contribution in [0.1, 0.15) is 44.4 Å². The number of nitro benzene ring substituents is 1. The summed E-state index contributed by atoms with van der Waals surface area (Å²) in [4.78, 5) is 9.99. The van der Waals surface area contributed by atoms with Gasteiger partial charge in [-0.3, -0.25) is 10.1 Å². The van der Waals surface area contributed by atoms with E-state index >= 15 is 0 Å². The van der Waals surface area contributed by atoms with Crippen LogP contribution >= 0.6 is 0 Å². The van der Waals surface area contributed by atoms with Crippen LogP contribution in [0, 0.1) is 17.0 Å². The lowest BCUT2D eigenvalue weighted by Crippen LogP contribution is -2.21. The quantitative estimate of drug-likeness (QED) is 0.466. The van der Waals surface area contributed by atoms with Gasteiger partial charge in [0.05, 0.1) is 20.9 Å². The van der Waals surface area contributed by atoms with E-state index in [1.807, 2.05) is 0 Å². The van der Waals surface area contributed by atoms with Crippen molar-refractivity contribution >= 4 is 22.4 Å². The molecular formula is C14H17F3N2O3S. The summed E-state index contributed by atoms with van der Waals surface area (Å²) in [5.41, 5.74) is -1.95. The van der Waals surface area contributed by atoms with Crippen LogP contribution in [-0.2, 0) is 17.2 Å². The fourth-order valence-electron chi connectivity index (χ4n) is 1.79. The van der Waals surface area contributed by atoms with Gasteiger partial charge in [-0.05, 0) is 40.2 Å². The van der Waals surface area contributed by atoms with E-state index in [2.05, 4.69) is 4.40 Å². The predicted octanol–water partition coefficient (Wildman–Crippen LogP) is 4.19. The second-order valence-corrected chi connectivity index (χ2v) is 7.86. The van der Waals surface area contributed by atoms with Crippen molar-refractivity contribution < 1.29 is 22.3 Å². The fourth-order valence-corrected chi connectivity index (χ4v) is 2.41. The van der Waals surface area contributed by atoms with Crippen LogP contribution in [-0.4, -0.2) is 19.6 Å². The smallest absolute Gasteiger partial charge is 0.258 e. The summed E-state index contributed by atoms with van der Waals surface area (Å²) in [7, 11) is -1.68. The molecule has 0 saturated heterocycles. The fraction of sp³-hybridized carbons (Fsp3) is 0.500. The Labute approximate surface area is 134 Å². The van der Waals surface area contributed by atoms with Crippen LogP contribution in [0.5, 0.6) is 0 Å². The average Bonchev–Trinajstić information content (AvgIpc) is 2.35. The topological polar surface area (TPSA) is 72.6 Å². The summed E-state index contributed by atoms with van der Waals surface area (Å²) in [6.07, 6.45) is -4.73. The molecule has 0 fully saturated rings. The van der Waals surface area contributed by atoms with Gasteiger partial charge in [0.15, 0.2) is 0 Å². The molecule has 0 amide bonds. The molecule has 0 aliphatic rings. The molecule has 0 N–H and O–H groups in total. The molecule has 0 heterocycles. The van der Waals surface area contributed by atoms with Crippen molar-refractivity contribution in [3.8, 4) is 0 Å². The van der Waals surface area contributed by atoms with Crippen LogP contribution in [0.3, 0.4) is 0 Å². The molecule has 1 rings (SSSR count). The first-order valence-electron chi connectivity index (χ1n) is 6.59. The summed E-state index contributed by atoms with van der Waals surface area (Å²) < 4.78 is 54.4. The summed E-state index contributed by atoms with van der Waals surface area (Å²) in [6.45, 7) is 7.60. The van der Waals surface area contributed by atoms with Crippen LogP contribution in [0.4, 0.5) is 18.9 Å². The van der Waals surface area contributed by atoms with E-state index in [9.17, 15) is 27.5 Å². The molecule has 0 aromatic heterocycles. The number of hydrogen-bond acceptors (Lipinski definition) is 3. The molecule has 0 aliphatic carbocycles. The van der Waals surface area contributed by atoms with Crippen molar-refractivity contribution in [2.75, 3.05) is 0 Å². The van der Waals surface area contributed by atoms with Gasteiger partial charge in [0.25, 0.3) is 5.69 Å². The zero-order valence-corrected chi connectivity index (χ0v) is 14.1. The van der Waals surface area contributed by atoms with E-state index in [4.69, 9.17) is 0 Å². The van der Waals surface area contributed by atoms with Gasteiger partial charge in [0.1, 0.15) is 11.0 Å². The number of nitrogens with zero attached hydrogens (tertiary/aromatic N) is 2. The third kappa shape index (κ3) is 4.60. The third-order valence-electron chi connectivity index (χ3n) is 3.04. The maximum atomic E-state index is 13.1. The lowest BCUT2D eigenvalue weighted by atomic mass is 9.98. The first-order chi connectivity index (χ1) is 10.2. The molecule has 1 aromatic rings. The Balaban J connectivity index is 3.58. The number of rotatable bonds is 3. The minimum Gasteiger partial charge on any atom is -0.258 e. The Morgan fingerprint density at radius 3 is 2.17 bits per heavy atom. The summed E-state index contributed by atoms with van der Waals surface area (Å²) in [5, 5.41) is 10.9. The van der Waals surface area contributed by atoms with E-state index in [1.165, 1.54) is 13.8 Å². The highest BCUT2D eigenvalue weighted by Crippen LogP contribution is 2.36. The normalized spacial score (nSPS) is 14.7. The number of halogens is 3. The second kappa shape index (κ2) is 6.38. The van der Waals surface area contributed by atoms with Gasteiger partial charge >= 0.3 is 6.18 Å². The lowest BCUT2D eigenvalue weighted by Gasteiger charge is -2.16. The molecule has 5 nitrogen and oxygen atoms in total. The van der Waals surface area contributed by atoms with E-state index in [1.54, 1.807) is 20.8 Å². The molecule has 0 spiro atoms. The molecule has 0 saturated carbocycles. The van der Waals surface area contributed by atoms with Gasteiger partial charge in [0.2, 0.25) is 0 Å². The highest BCUT2D eigenvalue weighted by molar-refractivity contribution is 7.85. The van der Waals surface area contributed by atoms with Crippen molar-refractivity contribution in [3.63, 3.8) is 0 Å². The average molecular weight is 350 g/mol. The molecule has 9 heteroatoms. The van der Waals surface area contributed by atoms with Crippen molar-refractivity contribution in [2.24, 2.45) is 4.40 Å². The predicted molar refractivity (Wildman–Crippen MR) is 82.9 cm³/mol. The Morgan fingerprint density at radius 1 is 1.26 bits per heavy atom. The molecule has 1 aromatic carbocycles. The Bertz CT molecular complexity index is 692. The molecule has 0 unspecified atom stereocenters. The Morgan fingerprint density at radius 2 is 1.78 bits per heavy atom. The highest BCUT2D eigenvalue weighted by Gasteiger charge is 2.35. The van der Waals surface area contributed by atoms with Crippen molar-refractivity contribution in [3.05, 3.63) is 38.9 Å². The van der Waals surface area contributed by atoms with Crippen LogP contribution in [0.15, 0.2) is 16.5 Å². The zero-order chi connectivity index (χ0) is 18.2. The maximum Gasteiger partial charge on any atom is 0.416 e. The van der Waals surface area contributed by atoms with Crippen molar-refractivity contribution in [2.45, 2.75) is 45.5 Å². The Kier molecular flexibility index (Phi) is 5.35. The molecule has 1 atom stereocenters. The zero-order valence-electron chi connectivity index (χ0n) is 13.3. The maximum absolute atomic E-state index is 13.1. The number of non-ortho nitro benzene ring substituents is 1. The SMILES string of the molecule is C/C(=N/[S@](=O)C(C)(C)C)c1cc([N+](=O)[O-])cc(C(F)(F)F)c1C.